The molecule has 1 saturated heterocycles. The Hall–Kier alpha value is -1.31. The van der Waals surface area contributed by atoms with Crippen molar-refractivity contribution in [1.29, 1.82) is 0 Å². The smallest absolute Gasteiger partial charge is 0.253 e. The van der Waals surface area contributed by atoms with Crippen LogP contribution < -0.4 is 16.6 Å². The van der Waals surface area contributed by atoms with Gasteiger partial charge in [0.1, 0.15) is 0 Å². The van der Waals surface area contributed by atoms with Crippen molar-refractivity contribution in [2.75, 3.05) is 16.9 Å². The van der Waals surface area contributed by atoms with Crippen LogP contribution in [0.3, 0.4) is 0 Å². The summed E-state index contributed by atoms with van der Waals surface area (Å²) < 4.78 is 23.1. The van der Waals surface area contributed by atoms with Crippen LogP contribution in [0.1, 0.15) is 23.7 Å². The molecule has 0 bridgehead atoms. The number of carbonyl (C=O) groups is 1. The summed E-state index contributed by atoms with van der Waals surface area (Å²) in [6, 6.07) is 4.68. The molecule has 20 heavy (non-hydrogen) atoms. The van der Waals surface area contributed by atoms with Gasteiger partial charge in [0.25, 0.3) is 5.91 Å². The zero-order chi connectivity index (χ0) is 15.0. The third-order valence-corrected chi connectivity index (χ3v) is 5.44. The lowest BCUT2D eigenvalue weighted by molar-refractivity contribution is 0.0916. The zero-order valence-corrected chi connectivity index (χ0v) is 12.5. The van der Waals surface area contributed by atoms with Crippen LogP contribution in [0.5, 0.6) is 0 Å². The first-order valence-electron chi connectivity index (χ1n) is 6.04. The number of amides is 1. The van der Waals surface area contributed by atoms with Gasteiger partial charge in [-0.25, -0.2) is 8.42 Å². The second kappa shape index (κ2) is 5.23. The lowest BCUT2D eigenvalue weighted by atomic mass is 10.0. The molecule has 6 nitrogen and oxygen atoms in total. The Morgan fingerprint density at radius 2 is 2.15 bits per heavy atom. The highest BCUT2D eigenvalue weighted by Gasteiger charge is 2.39. The molecule has 0 spiro atoms. The highest BCUT2D eigenvalue weighted by molar-refractivity contribution is 7.91. The van der Waals surface area contributed by atoms with Gasteiger partial charge < -0.3 is 10.7 Å². The first-order chi connectivity index (χ1) is 9.25. The lowest BCUT2D eigenvalue weighted by Gasteiger charge is -2.24. The average molecular weight is 318 g/mol. The van der Waals surface area contributed by atoms with E-state index in [1.54, 1.807) is 19.1 Å². The number of benzene rings is 1. The molecule has 1 aliphatic rings. The van der Waals surface area contributed by atoms with E-state index in [1.165, 1.54) is 6.07 Å². The topological polar surface area (TPSA) is 101 Å². The fraction of sp³-hybridized carbons (Fsp3) is 0.417. The molecule has 1 heterocycles. The quantitative estimate of drug-likeness (QED) is 0.569. The number of nitrogens with two attached hydrogens (primary N) is 1. The van der Waals surface area contributed by atoms with E-state index in [9.17, 15) is 13.2 Å². The van der Waals surface area contributed by atoms with Gasteiger partial charge in [-0.3, -0.25) is 10.6 Å². The molecule has 0 saturated carbocycles. The molecule has 110 valence electrons. The van der Waals surface area contributed by atoms with Crippen molar-refractivity contribution in [2.24, 2.45) is 5.84 Å². The summed E-state index contributed by atoms with van der Waals surface area (Å²) in [6.07, 6.45) is 0.396. The lowest BCUT2D eigenvalue weighted by Crippen LogP contribution is -2.47. The monoisotopic (exact) mass is 317 g/mol. The van der Waals surface area contributed by atoms with Gasteiger partial charge in [-0.2, -0.15) is 0 Å². The van der Waals surface area contributed by atoms with Crippen LogP contribution in [-0.2, 0) is 9.84 Å². The maximum Gasteiger partial charge on any atom is 0.253 e. The molecule has 1 fully saturated rings. The minimum absolute atomic E-state index is 0.0578. The van der Waals surface area contributed by atoms with Crippen LogP contribution in [0.15, 0.2) is 18.2 Å². The Kier molecular flexibility index (Phi) is 3.95. The second-order valence-electron chi connectivity index (χ2n) is 5.19. The molecule has 1 amide bonds. The Morgan fingerprint density at radius 1 is 1.45 bits per heavy atom. The molecule has 0 aliphatic carbocycles. The van der Waals surface area contributed by atoms with Gasteiger partial charge in [0.2, 0.25) is 0 Å². The number of rotatable bonds is 3. The highest BCUT2D eigenvalue weighted by atomic mass is 35.5. The maximum atomic E-state index is 12.3. The number of hydrogen-bond acceptors (Lipinski definition) is 5. The predicted octanol–water partition coefficient (Wildman–Crippen LogP) is 0.933. The van der Waals surface area contributed by atoms with Gasteiger partial charge in [0, 0.05) is 5.02 Å². The first kappa shape index (κ1) is 15.1. The summed E-state index contributed by atoms with van der Waals surface area (Å²) in [6.45, 7) is 1.72. The minimum atomic E-state index is -3.09. The molecule has 1 unspecified atom stereocenters. The number of nitrogens with one attached hydrogen (secondary N) is 2. The summed E-state index contributed by atoms with van der Waals surface area (Å²) in [5, 5.41) is 3.16. The van der Waals surface area contributed by atoms with Crippen LogP contribution in [0, 0.1) is 0 Å². The molecule has 0 radical (unpaired) electrons. The molecular formula is C12H16ClN3O3S. The normalized spacial score (nSPS) is 24.4. The van der Waals surface area contributed by atoms with Crippen molar-refractivity contribution in [1.82, 2.24) is 5.32 Å². The van der Waals surface area contributed by atoms with E-state index in [2.05, 4.69) is 10.7 Å². The minimum Gasteiger partial charge on any atom is -0.346 e. The van der Waals surface area contributed by atoms with Gasteiger partial charge in [-0.15, -0.1) is 0 Å². The summed E-state index contributed by atoms with van der Waals surface area (Å²) in [5.41, 5.74) is 2.37. The largest absolute Gasteiger partial charge is 0.346 e. The third kappa shape index (κ3) is 3.23. The number of anilines is 1. The van der Waals surface area contributed by atoms with E-state index in [0.717, 1.165) is 0 Å². The number of halogens is 1. The molecule has 1 aliphatic heterocycles. The number of nitrogen functional groups attached to an aromatic ring is 1. The van der Waals surface area contributed by atoms with Crippen LogP contribution in [0.4, 0.5) is 5.69 Å². The van der Waals surface area contributed by atoms with E-state index in [1.807, 2.05) is 0 Å². The van der Waals surface area contributed by atoms with Crippen molar-refractivity contribution < 1.29 is 13.2 Å². The number of carbonyl (C=O) groups excluding carboxylic acids is 1. The summed E-state index contributed by atoms with van der Waals surface area (Å²) >= 11 is 5.87. The van der Waals surface area contributed by atoms with Crippen molar-refractivity contribution in [3.05, 3.63) is 28.8 Å². The average Bonchev–Trinajstić information content (AvgIpc) is 2.63. The summed E-state index contributed by atoms with van der Waals surface area (Å²) in [7, 11) is -3.09. The third-order valence-electron chi connectivity index (χ3n) is 3.30. The summed E-state index contributed by atoms with van der Waals surface area (Å²) in [4.78, 5) is 12.3. The number of hydrogen-bond donors (Lipinski definition) is 3. The molecule has 2 rings (SSSR count). The van der Waals surface area contributed by atoms with Gasteiger partial charge in [0.05, 0.1) is 28.3 Å². The standard InChI is InChI=1S/C12H16ClN3O3S/c1-12(4-5-20(18,19)7-12)15-11(17)9-6-8(13)2-3-10(9)16-14/h2-3,6,16H,4-5,7,14H2,1H3,(H,15,17). The van der Waals surface area contributed by atoms with Crippen LogP contribution >= 0.6 is 11.6 Å². The van der Waals surface area contributed by atoms with E-state index in [-0.39, 0.29) is 17.1 Å². The van der Waals surface area contributed by atoms with E-state index in [0.29, 0.717) is 17.1 Å². The fourth-order valence-corrected chi connectivity index (χ4v) is 4.55. The van der Waals surface area contributed by atoms with Gasteiger partial charge in [-0.05, 0) is 31.5 Å². The van der Waals surface area contributed by atoms with Crippen LogP contribution in [0.2, 0.25) is 5.02 Å². The molecule has 0 aromatic heterocycles. The molecule has 1 aromatic rings. The maximum absolute atomic E-state index is 12.3. The number of sulfone groups is 1. The molecule has 1 atom stereocenters. The Morgan fingerprint density at radius 3 is 2.70 bits per heavy atom. The fourth-order valence-electron chi connectivity index (χ4n) is 2.28. The van der Waals surface area contributed by atoms with Gasteiger partial charge in [-0.1, -0.05) is 11.6 Å². The Labute approximate surface area is 122 Å². The highest BCUT2D eigenvalue weighted by Crippen LogP contribution is 2.25. The van der Waals surface area contributed by atoms with E-state index in [4.69, 9.17) is 17.4 Å². The second-order valence-corrected chi connectivity index (χ2v) is 7.81. The van der Waals surface area contributed by atoms with Gasteiger partial charge in [0.15, 0.2) is 9.84 Å². The van der Waals surface area contributed by atoms with Gasteiger partial charge >= 0.3 is 0 Å². The molecule has 1 aromatic carbocycles. The Balaban J connectivity index is 2.23. The summed E-state index contributed by atoms with van der Waals surface area (Å²) in [5.74, 6) is 4.98. The van der Waals surface area contributed by atoms with E-state index < -0.39 is 21.3 Å². The van der Waals surface area contributed by atoms with Crippen LogP contribution in [0.25, 0.3) is 0 Å². The SMILES string of the molecule is CC1(NC(=O)c2cc(Cl)ccc2NN)CCS(=O)(=O)C1. The Bertz CT molecular complexity index is 647. The first-order valence-corrected chi connectivity index (χ1v) is 8.24. The van der Waals surface area contributed by atoms with E-state index >= 15 is 0 Å². The van der Waals surface area contributed by atoms with Crippen molar-refractivity contribution >= 4 is 33.0 Å². The predicted molar refractivity (Wildman–Crippen MR) is 78.4 cm³/mol. The van der Waals surface area contributed by atoms with Crippen molar-refractivity contribution in [2.45, 2.75) is 18.9 Å². The van der Waals surface area contributed by atoms with Crippen LogP contribution in [-0.4, -0.2) is 31.4 Å². The molecular weight excluding hydrogens is 302 g/mol. The molecule has 4 N–H and O–H groups in total. The molecule has 8 heteroatoms. The van der Waals surface area contributed by atoms with Crippen molar-refractivity contribution in [3.8, 4) is 0 Å². The zero-order valence-electron chi connectivity index (χ0n) is 10.9. The van der Waals surface area contributed by atoms with Crippen molar-refractivity contribution in [3.63, 3.8) is 0 Å². The number of hydrazine groups is 1.